The summed E-state index contributed by atoms with van der Waals surface area (Å²) >= 11 is 5.87. The predicted octanol–water partition coefficient (Wildman–Crippen LogP) is 4.87. The average Bonchev–Trinajstić information content (AvgIpc) is 2.86. The van der Waals surface area contributed by atoms with Crippen LogP contribution in [0.5, 0.6) is 5.75 Å². The predicted molar refractivity (Wildman–Crippen MR) is 130 cm³/mol. The lowest BCUT2D eigenvalue weighted by molar-refractivity contribution is -0.124. The quantitative estimate of drug-likeness (QED) is 0.467. The zero-order valence-electron chi connectivity index (χ0n) is 18.7. The smallest absolute Gasteiger partial charge is 0.258 e. The Bertz CT molecular complexity index is 1110. The third-order valence-corrected chi connectivity index (χ3v) is 6.12. The molecule has 1 aliphatic heterocycles. The molecule has 0 aliphatic carbocycles. The van der Waals surface area contributed by atoms with Gasteiger partial charge in [-0.05, 0) is 79.1 Å². The van der Waals surface area contributed by atoms with E-state index >= 15 is 0 Å². The lowest BCUT2D eigenvalue weighted by atomic mass is 10.0. The zero-order chi connectivity index (χ0) is 23.9. The van der Waals surface area contributed by atoms with Gasteiger partial charge >= 0.3 is 0 Å². The van der Waals surface area contributed by atoms with Crippen LogP contribution in [-0.2, 0) is 11.3 Å². The van der Waals surface area contributed by atoms with Gasteiger partial charge in [-0.25, -0.2) is 4.39 Å². The number of amides is 1. The Hall–Kier alpha value is -3.22. The van der Waals surface area contributed by atoms with Gasteiger partial charge in [-0.2, -0.15) is 0 Å². The van der Waals surface area contributed by atoms with Gasteiger partial charge in [-0.15, -0.1) is 0 Å². The molecule has 1 heterocycles. The molecule has 0 saturated carbocycles. The molecule has 4 rings (SSSR count). The number of halogens is 2. The Kier molecular flexibility index (Phi) is 7.93. The van der Waals surface area contributed by atoms with Crippen LogP contribution in [0.15, 0.2) is 72.8 Å². The average molecular weight is 481 g/mol. The third kappa shape index (κ3) is 6.65. The van der Waals surface area contributed by atoms with Crippen LogP contribution in [0.1, 0.15) is 34.3 Å². The van der Waals surface area contributed by atoms with Crippen molar-refractivity contribution in [3.05, 3.63) is 100 Å². The fourth-order valence-electron chi connectivity index (χ4n) is 3.97. The number of ether oxygens (including phenoxy) is 1. The molecule has 7 heteroatoms. The maximum Gasteiger partial charge on any atom is 0.258 e. The van der Waals surface area contributed by atoms with E-state index in [1.54, 1.807) is 60.7 Å². The number of hydrogen-bond acceptors (Lipinski definition) is 4. The number of carbonyl (C=O) groups is 2. The molecular formula is C27H26ClFN2O3. The molecule has 0 radical (unpaired) electrons. The van der Waals surface area contributed by atoms with E-state index in [1.807, 2.05) is 0 Å². The van der Waals surface area contributed by atoms with Crippen molar-refractivity contribution in [2.24, 2.45) is 0 Å². The van der Waals surface area contributed by atoms with E-state index in [1.165, 1.54) is 12.1 Å². The Morgan fingerprint density at radius 1 is 0.912 bits per heavy atom. The molecule has 176 valence electrons. The van der Waals surface area contributed by atoms with Crippen molar-refractivity contribution in [2.45, 2.75) is 25.4 Å². The van der Waals surface area contributed by atoms with E-state index in [9.17, 15) is 14.0 Å². The molecule has 5 nitrogen and oxygen atoms in total. The summed E-state index contributed by atoms with van der Waals surface area (Å²) in [4.78, 5) is 27.2. The highest BCUT2D eigenvalue weighted by Gasteiger charge is 2.21. The maximum atomic E-state index is 13.1. The van der Waals surface area contributed by atoms with Gasteiger partial charge < -0.3 is 10.1 Å². The van der Waals surface area contributed by atoms with Crippen molar-refractivity contribution in [2.75, 3.05) is 19.7 Å². The molecule has 0 atom stereocenters. The molecular weight excluding hydrogens is 455 g/mol. The van der Waals surface area contributed by atoms with Crippen molar-refractivity contribution in [1.29, 1.82) is 0 Å². The van der Waals surface area contributed by atoms with Gasteiger partial charge in [0.25, 0.3) is 5.91 Å². The molecule has 1 N–H and O–H groups in total. The van der Waals surface area contributed by atoms with Crippen LogP contribution < -0.4 is 10.1 Å². The first-order valence-electron chi connectivity index (χ1n) is 11.3. The summed E-state index contributed by atoms with van der Waals surface area (Å²) in [6.07, 6.45) is 1.71. The number of rotatable bonds is 8. The minimum atomic E-state index is -0.227. The molecule has 0 aromatic heterocycles. The number of nitrogens with one attached hydrogen (secondary N) is 1. The molecule has 1 amide bonds. The molecule has 0 spiro atoms. The fourth-order valence-corrected chi connectivity index (χ4v) is 4.10. The number of nitrogens with zero attached hydrogens (tertiary/aromatic N) is 1. The lowest BCUT2D eigenvalue weighted by Crippen LogP contribution is -2.45. The SMILES string of the molecule is O=C(COc1ccc(C(=O)c2ccc(Cl)cc2)cc1)NC1CCN(Cc2ccc(F)cc2)CC1. The summed E-state index contributed by atoms with van der Waals surface area (Å²) in [6, 6.07) is 20.2. The summed E-state index contributed by atoms with van der Waals surface area (Å²) in [7, 11) is 0. The number of hydrogen-bond donors (Lipinski definition) is 1. The Morgan fingerprint density at radius 3 is 2.12 bits per heavy atom. The van der Waals surface area contributed by atoms with Crippen molar-refractivity contribution in [1.82, 2.24) is 10.2 Å². The van der Waals surface area contributed by atoms with Crippen LogP contribution in [0.4, 0.5) is 4.39 Å². The van der Waals surface area contributed by atoms with Crippen LogP contribution in [-0.4, -0.2) is 42.3 Å². The molecule has 3 aromatic carbocycles. The largest absolute Gasteiger partial charge is 0.484 e. The van der Waals surface area contributed by atoms with Gasteiger partial charge in [0.2, 0.25) is 0 Å². The summed E-state index contributed by atoms with van der Waals surface area (Å²) in [5, 5.41) is 3.61. The van der Waals surface area contributed by atoms with Crippen LogP contribution in [0.3, 0.4) is 0 Å². The number of piperidine rings is 1. The van der Waals surface area contributed by atoms with Gasteiger partial charge in [-0.3, -0.25) is 14.5 Å². The monoisotopic (exact) mass is 480 g/mol. The molecule has 1 aliphatic rings. The second-order valence-corrected chi connectivity index (χ2v) is 8.83. The lowest BCUT2D eigenvalue weighted by Gasteiger charge is -2.32. The zero-order valence-corrected chi connectivity index (χ0v) is 19.4. The highest BCUT2D eigenvalue weighted by Crippen LogP contribution is 2.18. The summed E-state index contributed by atoms with van der Waals surface area (Å²) in [5.74, 6) is 0.0247. The molecule has 1 saturated heterocycles. The highest BCUT2D eigenvalue weighted by molar-refractivity contribution is 6.30. The number of ketones is 1. The first kappa shape index (κ1) is 23.9. The van der Waals surface area contributed by atoms with Gasteiger partial charge in [-0.1, -0.05) is 23.7 Å². The van der Waals surface area contributed by atoms with E-state index in [4.69, 9.17) is 16.3 Å². The van der Waals surface area contributed by atoms with Gasteiger partial charge in [0, 0.05) is 41.8 Å². The van der Waals surface area contributed by atoms with Gasteiger partial charge in [0.1, 0.15) is 11.6 Å². The number of carbonyl (C=O) groups excluding carboxylic acids is 2. The molecule has 3 aromatic rings. The van der Waals surface area contributed by atoms with Gasteiger partial charge in [0.15, 0.2) is 12.4 Å². The van der Waals surface area contributed by atoms with E-state index in [-0.39, 0.29) is 30.2 Å². The van der Waals surface area contributed by atoms with Crippen LogP contribution in [0.25, 0.3) is 0 Å². The van der Waals surface area contributed by atoms with E-state index < -0.39 is 0 Å². The molecule has 1 fully saturated rings. The summed E-state index contributed by atoms with van der Waals surface area (Å²) < 4.78 is 18.6. The van der Waals surface area contributed by atoms with E-state index in [0.29, 0.717) is 21.9 Å². The second kappa shape index (κ2) is 11.3. The molecule has 0 unspecified atom stereocenters. The minimum Gasteiger partial charge on any atom is -0.484 e. The fraction of sp³-hybridized carbons (Fsp3) is 0.259. The van der Waals surface area contributed by atoms with Crippen LogP contribution >= 0.6 is 11.6 Å². The van der Waals surface area contributed by atoms with Crippen molar-refractivity contribution >= 4 is 23.3 Å². The number of benzene rings is 3. The maximum absolute atomic E-state index is 13.1. The number of likely N-dealkylation sites (tertiary alicyclic amines) is 1. The Labute approximate surface area is 203 Å². The standard InChI is InChI=1S/C27H26ClFN2O3/c28-22-7-3-20(4-8-22)27(33)21-5-11-25(12-6-21)34-18-26(32)30-24-13-15-31(16-14-24)17-19-1-9-23(29)10-2-19/h1-12,24H,13-18H2,(H,30,32). The summed E-state index contributed by atoms with van der Waals surface area (Å²) in [6.45, 7) is 2.43. The first-order valence-corrected chi connectivity index (χ1v) is 11.6. The highest BCUT2D eigenvalue weighted by atomic mass is 35.5. The topological polar surface area (TPSA) is 58.6 Å². The Balaban J connectivity index is 1.19. The van der Waals surface area contributed by atoms with Crippen LogP contribution in [0.2, 0.25) is 5.02 Å². The summed E-state index contributed by atoms with van der Waals surface area (Å²) in [5.41, 5.74) is 2.17. The third-order valence-electron chi connectivity index (χ3n) is 5.86. The van der Waals surface area contributed by atoms with E-state index in [2.05, 4.69) is 10.2 Å². The van der Waals surface area contributed by atoms with Crippen LogP contribution in [0, 0.1) is 5.82 Å². The van der Waals surface area contributed by atoms with E-state index in [0.717, 1.165) is 38.0 Å². The Morgan fingerprint density at radius 2 is 1.50 bits per heavy atom. The normalized spacial score (nSPS) is 14.5. The van der Waals surface area contributed by atoms with Crippen molar-refractivity contribution in [3.63, 3.8) is 0 Å². The van der Waals surface area contributed by atoms with Crippen molar-refractivity contribution < 1.29 is 18.7 Å². The van der Waals surface area contributed by atoms with Gasteiger partial charge in [0.05, 0.1) is 0 Å². The van der Waals surface area contributed by atoms with Crippen molar-refractivity contribution in [3.8, 4) is 5.75 Å². The molecule has 34 heavy (non-hydrogen) atoms. The minimum absolute atomic E-state index is 0.0831. The second-order valence-electron chi connectivity index (χ2n) is 8.39. The molecule has 0 bridgehead atoms. The first-order chi connectivity index (χ1) is 16.5.